The molecule has 4 nitrogen and oxygen atoms in total. The number of para-hydroxylation sites is 1. The van der Waals surface area contributed by atoms with Gasteiger partial charge in [-0.3, -0.25) is 9.55 Å². The first-order valence-electron chi connectivity index (χ1n) is 24.8. The van der Waals surface area contributed by atoms with E-state index in [-0.39, 0.29) is 11.2 Å². The van der Waals surface area contributed by atoms with E-state index in [1.54, 1.807) is 0 Å². The number of imidazole rings is 1. The van der Waals surface area contributed by atoms with Gasteiger partial charge in [0.05, 0.1) is 22.3 Å². The molecule has 1 aliphatic carbocycles. The highest BCUT2D eigenvalue weighted by Crippen LogP contribution is 2.46. The molecule has 0 atom stereocenters. The van der Waals surface area contributed by atoms with Crippen LogP contribution in [-0.4, -0.2) is 19.6 Å². The molecular weight excluding hydrogens is 827 g/mol. The minimum absolute atomic E-state index is 0.145. The normalized spacial score (nSPS) is 17.7. The van der Waals surface area contributed by atoms with E-state index in [0.717, 1.165) is 78.0 Å². The number of hydrogen-bond acceptors (Lipinski definition) is 3. The lowest BCUT2D eigenvalue weighted by Gasteiger charge is -2.29. The molecule has 0 radical (unpaired) electrons. The lowest BCUT2D eigenvalue weighted by molar-refractivity contribution is 0.396. The third-order valence-electron chi connectivity index (χ3n) is 13.7. The standard InChI is InChI=1S/C64H55N3O/c1-64(2,3)54-38-52(37-53(39-54)59-42-50(35-36-65-59)44-19-10-5-11-20-44)56-25-16-26-60-61(56)66-63(58-41-51(45-21-12-6-13-22-45)40-57(62(58)68)49-23-14-7-15-24-49)67(60)55-33-31-48(32-34-55)47-29-27-46(28-30-47)43-17-8-4-9-18-43/h4-26,31-42,46-47,68H,27-30H2,1-3H3/i46D,47D. The van der Waals surface area contributed by atoms with E-state index in [1.165, 1.54) is 5.56 Å². The molecule has 68 heavy (non-hydrogen) atoms. The van der Waals surface area contributed by atoms with E-state index in [0.29, 0.717) is 42.6 Å². The van der Waals surface area contributed by atoms with Crippen molar-refractivity contribution >= 4 is 11.0 Å². The summed E-state index contributed by atoms with van der Waals surface area (Å²) in [6.07, 6.45) is 4.32. The number of phenolic OH excluding ortho intramolecular Hbond substituents is 1. The third kappa shape index (κ3) is 8.43. The van der Waals surface area contributed by atoms with Crippen LogP contribution >= 0.6 is 0 Å². The van der Waals surface area contributed by atoms with Gasteiger partial charge in [-0.1, -0.05) is 172 Å². The van der Waals surface area contributed by atoms with Gasteiger partial charge in [-0.25, -0.2) is 4.98 Å². The molecule has 0 unspecified atom stereocenters. The molecular formula is C64H55N3O. The Hall–Kier alpha value is -7.82. The molecule has 0 amide bonds. The van der Waals surface area contributed by atoms with Crippen LogP contribution < -0.4 is 0 Å². The molecule has 4 heteroatoms. The van der Waals surface area contributed by atoms with Gasteiger partial charge in [-0.15, -0.1) is 0 Å². The predicted octanol–water partition coefficient (Wildman–Crippen LogP) is 16.9. The van der Waals surface area contributed by atoms with E-state index in [2.05, 4.69) is 159 Å². The summed E-state index contributed by atoms with van der Waals surface area (Å²) in [7, 11) is 0. The van der Waals surface area contributed by atoms with Crippen molar-refractivity contribution in [1.82, 2.24) is 14.5 Å². The van der Waals surface area contributed by atoms with Crippen LogP contribution in [0.1, 0.15) is 77.7 Å². The molecule has 0 saturated heterocycles. The van der Waals surface area contributed by atoms with E-state index < -0.39 is 11.8 Å². The Morgan fingerprint density at radius 3 is 1.68 bits per heavy atom. The van der Waals surface area contributed by atoms with Crippen molar-refractivity contribution < 1.29 is 7.85 Å². The number of aromatic nitrogens is 3. The van der Waals surface area contributed by atoms with Crippen LogP contribution in [0, 0.1) is 0 Å². The maximum atomic E-state index is 12.6. The Labute approximate surface area is 403 Å². The van der Waals surface area contributed by atoms with Gasteiger partial charge in [0, 0.05) is 31.3 Å². The van der Waals surface area contributed by atoms with Crippen molar-refractivity contribution in [3.63, 3.8) is 0 Å². The molecule has 0 bridgehead atoms. The van der Waals surface area contributed by atoms with Crippen LogP contribution in [0.5, 0.6) is 5.75 Å². The minimum atomic E-state index is -0.816. The highest BCUT2D eigenvalue weighted by atomic mass is 16.3. The van der Waals surface area contributed by atoms with E-state index in [4.69, 9.17) is 9.97 Å². The Morgan fingerprint density at radius 1 is 0.485 bits per heavy atom. The van der Waals surface area contributed by atoms with Crippen LogP contribution in [-0.2, 0) is 5.41 Å². The summed E-state index contributed by atoms with van der Waals surface area (Å²) in [5, 5.41) is 12.6. The fourth-order valence-corrected chi connectivity index (χ4v) is 9.93. The number of hydrogen-bond donors (Lipinski definition) is 1. The van der Waals surface area contributed by atoms with Crippen molar-refractivity contribution in [1.29, 1.82) is 0 Å². The molecule has 0 spiro atoms. The average Bonchev–Trinajstić information content (AvgIpc) is 3.80. The highest BCUT2D eigenvalue weighted by molar-refractivity contribution is 5.98. The van der Waals surface area contributed by atoms with Gasteiger partial charge in [0.15, 0.2) is 0 Å². The predicted molar refractivity (Wildman–Crippen MR) is 282 cm³/mol. The third-order valence-corrected chi connectivity index (χ3v) is 13.7. The SMILES string of the molecule is [2H]C1(c2ccccc2)CCC([2H])(c2ccc(-n3c(-c4cc(-c5ccccc5)cc(-c5ccccc5)c4O)nc4c(-c5cc(-c6cc(-c7ccccc7)ccn6)cc(C(C)(C)C)c5)cccc43)cc2)CC1. The second-order valence-electron chi connectivity index (χ2n) is 19.1. The first-order valence-corrected chi connectivity index (χ1v) is 23.8. The van der Waals surface area contributed by atoms with Gasteiger partial charge in [-0.2, -0.15) is 0 Å². The fraction of sp³-hybridized carbons (Fsp3) is 0.156. The van der Waals surface area contributed by atoms with Gasteiger partial charge in [0.1, 0.15) is 11.6 Å². The Kier molecular flexibility index (Phi) is 10.8. The van der Waals surface area contributed by atoms with Crippen molar-refractivity contribution in [2.24, 2.45) is 0 Å². The minimum Gasteiger partial charge on any atom is -0.507 e. The molecule has 10 aromatic rings. The number of rotatable bonds is 9. The zero-order valence-electron chi connectivity index (χ0n) is 40.8. The second-order valence-corrected chi connectivity index (χ2v) is 19.1. The van der Waals surface area contributed by atoms with Gasteiger partial charge in [0.25, 0.3) is 0 Å². The average molecular weight is 884 g/mol. The molecule has 1 N–H and O–H groups in total. The number of nitrogens with zero attached hydrogens (tertiary/aromatic N) is 3. The van der Waals surface area contributed by atoms with Gasteiger partial charge in [0.2, 0.25) is 0 Å². The van der Waals surface area contributed by atoms with Gasteiger partial charge in [-0.05, 0) is 148 Å². The molecule has 1 aliphatic rings. The molecule has 11 rings (SSSR count). The summed E-state index contributed by atoms with van der Waals surface area (Å²) in [4.78, 5) is 10.5. The fourth-order valence-electron chi connectivity index (χ4n) is 9.93. The lowest BCUT2D eigenvalue weighted by atomic mass is 9.76. The zero-order valence-corrected chi connectivity index (χ0v) is 38.8. The molecule has 8 aromatic carbocycles. The molecule has 1 fully saturated rings. The topological polar surface area (TPSA) is 50.9 Å². The van der Waals surface area contributed by atoms with Crippen LogP contribution in [0.25, 0.3) is 83.9 Å². The van der Waals surface area contributed by atoms with Gasteiger partial charge < -0.3 is 5.11 Å². The number of aromatic hydroxyl groups is 1. The van der Waals surface area contributed by atoms with E-state index in [1.807, 2.05) is 79.0 Å². The van der Waals surface area contributed by atoms with E-state index in [9.17, 15) is 7.85 Å². The Morgan fingerprint density at radius 2 is 1.04 bits per heavy atom. The van der Waals surface area contributed by atoms with Gasteiger partial charge >= 0.3 is 0 Å². The number of fused-ring (bicyclic) bond motifs is 1. The summed E-state index contributed by atoms with van der Waals surface area (Å²) >= 11 is 0. The summed E-state index contributed by atoms with van der Waals surface area (Å²) in [6.45, 7) is 6.73. The number of phenols is 1. The smallest absolute Gasteiger partial charge is 0.149 e. The number of pyridine rings is 1. The summed E-state index contributed by atoms with van der Waals surface area (Å²) in [5.41, 5.74) is 15.9. The Balaban J connectivity index is 1.10. The maximum absolute atomic E-state index is 12.6. The molecule has 0 aliphatic heterocycles. The highest BCUT2D eigenvalue weighted by Gasteiger charge is 2.26. The van der Waals surface area contributed by atoms with Crippen molar-refractivity contribution in [3.8, 4) is 78.6 Å². The van der Waals surface area contributed by atoms with Crippen molar-refractivity contribution in [3.05, 3.63) is 229 Å². The lowest BCUT2D eigenvalue weighted by Crippen LogP contribution is -2.12. The van der Waals surface area contributed by atoms with Crippen LogP contribution in [0.4, 0.5) is 0 Å². The van der Waals surface area contributed by atoms with Crippen molar-refractivity contribution in [2.45, 2.75) is 63.7 Å². The summed E-state index contributed by atoms with van der Waals surface area (Å²) < 4.78 is 21.3. The quantitative estimate of drug-likeness (QED) is 0.157. The van der Waals surface area contributed by atoms with Crippen molar-refractivity contribution in [2.75, 3.05) is 0 Å². The monoisotopic (exact) mass is 883 g/mol. The zero-order chi connectivity index (χ0) is 48.0. The largest absolute Gasteiger partial charge is 0.507 e. The molecule has 2 heterocycles. The summed E-state index contributed by atoms with van der Waals surface area (Å²) in [5.74, 6) is -0.763. The second kappa shape index (κ2) is 18.1. The summed E-state index contributed by atoms with van der Waals surface area (Å²) in [6, 6.07) is 70.8. The number of benzene rings is 8. The van der Waals surface area contributed by atoms with Crippen LogP contribution in [0.3, 0.4) is 0 Å². The maximum Gasteiger partial charge on any atom is 0.149 e. The first kappa shape index (κ1) is 40.5. The molecule has 332 valence electrons. The van der Waals surface area contributed by atoms with E-state index >= 15 is 0 Å². The van der Waals surface area contributed by atoms with Crippen LogP contribution in [0.15, 0.2) is 212 Å². The van der Waals surface area contributed by atoms with Crippen LogP contribution in [0.2, 0.25) is 0 Å². The molecule has 1 saturated carbocycles. The molecule has 2 aromatic heterocycles. The first-order chi connectivity index (χ1) is 33.9. The Bertz CT molecular complexity index is 3480.